The van der Waals surface area contributed by atoms with Crippen LogP contribution in [-0.4, -0.2) is 70.0 Å². The molecule has 0 aliphatic carbocycles. The molecule has 4 amide bonds. The van der Waals surface area contributed by atoms with E-state index in [-0.39, 0.29) is 30.9 Å². The predicted octanol–water partition coefficient (Wildman–Crippen LogP) is 4.01. The van der Waals surface area contributed by atoms with Gasteiger partial charge in [-0.3, -0.25) is 9.59 Å². The molecule has 8 nitrogen and oxygen atoms in total. The quantitative estimate of drug-likeness (QED) is 0.435. The molecule has 0 saturated carbocycles. The van der Waals surface area contributed by atoms with E-state index in [1.54, 1.807) is 28.4 Å². The molecule has 6 rings (SSSR count). The number of nitrogens with zero attached hydrogens (tertiary/aromatic N) is 4. The summed E-state index contributed by atoms with van der Waals surface area (Å²) in [4.78, 5) is 42.9. The fraction of sp³-hybridized carbons (Fsp3) is 0.276. The molecule has 2 aliphatic heterocycles. The molecule has 2 aliphatic rings. The van der Waals surface area contributed by atoms with Crippen molar-refractivity contribution in [3.05, 3.63) is 83.2 Å². The number of carbonyl (C=O) groups is 3. The van der Waals surface area contributed by atoms with Gasteiger partial charge in [-0.05, 0) is 45.7 Å². The van der Waals surface area contributed by atoms with Crippen LogP contribution in [0.5, 0.6) is 0 Å². The number of hydrazine groups is 1. The Morgan fingerprint density at radius 2 is 1.66 bits per heavy atom. The van der Waals surface area contributed by atoms with Crippen LogP contribution in [0, 0.1) is 0 Å². The summed E-state index contributed by atoms with van der Waals surface area (Å²) in [6, 6.07) is 21.9. The fourth-order valence-electron chi connectivity index (χ4n) is 5.63. The van der Waals surface area contributed by atoms with Crippen LogP contribution >= 0.6 is 11.3 Å². The molecule has 194 valence electrons. The monoisotopic (exact) mass is 527 g/mol. The van der Waals surface area contributed by atoms with E-state index in [4.69, 9.17) is 0 Å². The normalized spacial score (nSPS) is 20.1. The summed E-state index contributed by atoms with van der Waals surface area (Å²) in [5.41, 5.74) is 2.13. The van der Waals surface area contributed by atoms with Gasteiger partial charge in [0.25, 0.3) is 0 Å². The first-order valence-electron chi connectivity index (χ1n) is 12.7. The van der Waals surface area contributed by atoms with Crippen molar-refractivity contribution in [2.45, 2.75) is 32.2 Å². The number of likely N-dealkylation sites (N-methyl/N-ethyl adjacent to an activating group) is 1. The van der Waals surface area contributed by atoms with E-state index >= 15 is 0 Å². The molecule has 0 radical (unpaired) electrons. The highest BCUT2D eigenvalue weighted by Gasteiger charge is 2.47. The van der Waals surface area contributed by atoms with Crippen LogP contribution < -0.4 is 5.32 Å². The highest BCUT2D eigenvalue weighted by Crippen LogP contribution is 2.30. The second-order valence-corrected chi connectivity index (χ2v) is 10.9. The van der Waals surface area contributed by atoms with Crippen LogP contribution in [0.25, 0.3) is 20.9 Å². The molecule has 3 heterocycles. The lowest BCUT2D eigenvalue weighted by Gasteiger charge is -2.52. The Labute approximate surface area is 225 Å². The minimum atomic E-state index is -0.597. The molecule has 2 fully saturated rings. The standard InChI is InChI=1S/C29H29N5O3S/c1-19-28-33(16-26(35)30-19)27(36)17-31(2)34(28)29(37)32(15-22-18-38-25-13-6-5-12-24(22)25)14-21-10-7-9-20-8-3-4-11-23(20)21/h3-13,18-19,28H,14-17H2,1-2H3,(H,30,35). The molecule has 1 aromatic heterocycles. The number of urea groups is 1. The molecule has 4 aromatic rings. The Balaban J connectivity index is 1.40. The highest BCUT2D eigenvalue weighted by molar-refractivity contribution is 7.17. The third-order valence-corrected chi connectivity index (χ3v) is 8.41. The smallest absolute Gasteiger partial charge is 0.337 e. The topological polar surface area (TPSA) is 76.2 Å². The Bertz CT molecular complexity index is 1550. The largest absolute Gasteiger partial charge is 0.348 e. The van der Waals surface area contributed by atoms with Crippen LogP contribution in [-0.2, 0) is 22.7 Å². The SMILES string of the molecule is CC1NC(=O)CN2C(=O)CN(C)N(C(=O)N(Cc3cccc4ccccc34)Cc3csc4ccccc34)C12. The molecule has 2 unspecified atom stereocenters. The van der Waals surface area contributed by atoms with Gasteiger partial charge in [-0.15, -0.1) is 11.3 Å². The maximum absolute atomic E-state index is 14.5. The van der Waals surface area contributed by atoms with Gasteiger partial charge in [0.15, 0.2) is 0 Å². The maximum atomic E-state index is 14.5. The lowest BCUT2D eigenvalue weighted by atomic mass is 10.0. The summed E-state index contributed by atoms with van der Waals surface area (Å²) in [6.07, 6.45) is -0.597. The van der Waals surface area contributed by atoms with Crippen molar-refractivity contribution in [1.82, 2.24) is 25.1 Å². The lowest BCUT2D eigenvalue weighted by Crippen LogP contribution is -2.75. The average Bonchev–Trinajstić information content (AvgIpc) is 3.31. The number of amides is 4. The Kier molecular flexibility index (Phi) is 6.25. The minimum Gasteiger partial charge on any atom is -0.348 e. The van der Waals surface area contributed by atoms with Gasteiger partial charge in [0.1, 0.15) is 12.7 Å². The fourth-order valence-corrected chi connectivity index (χ4v) is 6.58. The van der Waals surface area contributed by atoms with E-state index in [1.165, 1.54) is 9.60 Å². The van der Waals surface area contributed by atoms with Gasteiger partial charge in [-0.25, -0.2) is 14.8 Å². The van der Waals surface area contributed by atoms with Gasteiger partial charge in [0, 0.05) is 24.8 Å². The van der Waals surface area contributed by atoms with Crippen LogP contribution in [0.4, 0.5) is 4.79 Å². The minimum absolute atomic E-state index is 0.0335. The van der Waals surface area contributed by atoms with E-state index in [9.17, 15) is 14.4 Å². The highest BCUT2D eigenvalue weighted by atomic mass is 32.1. The number of thiophene rings is 1. The summed E-state index contributed by atoms with van der Waals surface area (Å²) in [5.74, 6) is -0.371. The van der Waals surface area contributed by atoms with Crippen molar-refractivity contribution < 1.29 is 14.4 Å². The summed E-state index contributed by atoms with van der Waals surface area (Å²) in [6.45, 7) is 2.63. The Morgan fingerprint density at radius 1 is 0.947 bits per heavy atom. The van der Waals surface area contributed by atoms with Crippen molar-refractivity contribution in [2.24, 2.45) is 0 Å². The number of carbonyl (C=O) groups excluding carboxylic acids is 3. The predicted molar refractivity (Wildman–Crippen MR) is 148 cm³/mol. The summed E-state index contributed by atoms with van der Waals surface area (Å²) in [5, 5.41) is 11.7. The number of fused-ring (bicyclic) bond motifs is 3. The van der Waals surface area contributed by atoms with Gasteiger partial charge in [0.05, 0.1) is 12.6 Å². The number of benzene rings is 3. The summed E-state index contributed by atoms with van der Waals surface area (Å²) >= 11 is 1.67. The van der Waals surface area contributed by atoms with Crippen LogP contribution in [0.3, 0.4) is 0 Å². The number of rotatable bonds is 4. The first-order chi connectivity index (χ1) is 18.4. The molecular formula is C29H29N5O3S. The van der Waals surface area contributed by atoms with Crippen molar-refractivity contribution in [2.75, 3.05) is 20.1 Å². The van der Waals surface area contributed by atoms with E-state index in [2.05, 4.69) is 47.1 Å². The maximum Gasteiger partial charge on any atom is 0.337 e. The number of hydrogen-bond donors (Lipinski definition) is 1. The molecule has 9 heteroatoms. The second kappa shape index (κ2) is 9.74. The number of nitrogens with one attached hydrogen (secondary N) is 1. The molecule has 2 atom stereocenters. The third kappa shape index (κ3) is 4.27. The molecule has 38 heavy (non-hydrogen) atoms. The Morgan fingerprint density at radius 3 is 2.50 bits per heavy atom. The van der Waals surface area contributed by atoms with Gasteiger partial charge < -0.3 is 15.1 Å². The molecule has 3 aromatic carbocycles. The van der Waals surface area contributed by atoms with E-state index in [0.29, 0.717) is 13.1 Å². The zero-order chi connectivity index (χ0) is 26.4. The van der Waals surface area contributed by atoms with Crippen LogP contribution in [0.2, 0.25) is 0 Å². The summed E-state index contributed by atoms with van der Waals surface area (Å²) < 4.78 is 1.18. The molecule has 0 spiro atoms. The van der Waals surface area contributed by atoms with E-state index in [1.807, 2.05) is 42.2 Å². The number of piperazine rings is 1. The number of hydrogen-bond acceptors (Lipinski definition) is 5. The average molecular weight is 528 g/mol. The zero-order valence-electron chi connectivity index (χ0n) is 21.3. The Hall–Kier alpha value is -3.95. The van der Waals surface area contributed by atoms with E-state index in [0.717, 1.165) is 27.3 Å². The van der Waals surface area contributed by atoms with Crippen LogP contribution in [0.15, 0.2) is 72.1 Å². The van der Waals surface area contributed by atoms with Gasteiger partial charge in [0.2, 0.25) is 11.8 Å². The first-order valence-corrected chi connectivity index (χ1v) is 13.6. The van der Waals surface area contributed by atoms with Crippen LogP contribution in [0.1, 0.15) is 18.1 Å². The van der Waals surface area contributed by atoms with Crippen molar-refractivity contribution in [3.8, 4) is 0 Å². The van der Waals surface area contributed by atoms with Gasteiger partial charge >= 0.3 is 6.03 Å². The molecule has 1 N–H and O–H groups in total. The summed E-state index contributed by atoms with van der Waals surface area (Å²) in [7, 11) is 1.76. The van der Waals surface area contributed by atoms with Crippen molar-refractivity contribution in [3.63, 3.8) is 0 Å². The van der Waals surface area contributed by atoms with Crippen molar-refractivity contribution in [1.29, 1.82) is 0 Å². The zero-order valence-corrected chi connectivity index (χ0v) is 22.1. The molecular weight excluding hydrogens is 498 g/mol. The third-order valence-electron chi connectivity index (χ3n) is 7.40. The van der Waals surface area contributed by atoms with E-state index < -0.39 is 12.2 Å². The second-order valence-electron chi connectivity index (χ2n) is 9.99. The van der Waals surface area contributed by atoms with Gasteiger partial charge in [-0.1, -0.05) is 60.7 Å². The lowest BCUT2D eigenvalue weighted by molar-refractivity contribution is -0.176. The molecule has 2 saturated heterocycles. The first kappa shape index (κ1) is 24.4. The molecule has 0 bridgehead atoms. The van der Waals surface area contributed by atoms with Gasteiger partial charge in [-0.2, -0.15) is 0 Å². The van der Waals surface area contributed by atoms with Crippen molar-refractivity contribution >= 4 is 50.0 Å².